The first-order valence-corrected chi connectivity index (χ1v) is 11.7. The Morgan fingerprint density at radius 1 is 1.09 bits per heavy atom. The van der Waals surface area contributed by atoms with Crippen molar-refractivity contribution in [1.82, 2.24) is 4.98 Å². The summed E-state index contributed by atoms with van der Waals surface area (Å²) in [5, 5.41) is 0.0900. The molecule has 0 N–H and O–H groups in total. The van der Waals surface area contributed by atoms with Gasteiger partial charge in [-0.05, 0) is 60.9 Å². The Balaban J connectivity index is 1.67. The van der Waals surface area contributed by atoms with Crippen molar-refractivity contribution in [1.29, 1.82) is 0 Å². The highest BCUT2D eigenvalue weighted by Gasteiger charge is 2.44. The van der Waals surface area contributed by atoms with Gasteiger partial charge >= 0.3 is 0 Å². The zero-order chi connectivity index (χ0) is 24.5. The Bertz CT molecular complexity index is 1460. The summed E-state index contributed by atoms with van der Waals surface area (Å²) in [4.78, 5) is 33.1. The Labute approximate surface area is 202 Å². The molecule has 5 rings (SSSR count). The summed E-state index contributed by atoms with van der Waals surface area (Å²) >= 11 is 0. The van der Waals surface area contributed by atoms with Crippen LogP contribution in [0.4, 0.5) is 10.2 Å². The van der Waals surface area contributed by atoms with Gasteiger partial charge in [-0.2, -0.15) is 0 Å². The lowest BCUT2D eigenvalue weighted by Crippen LogP contribution is -2.30. The molecule has 0 spiro atoms. The average Bonchev–Trinajstić information content (AvgIpc) is 3.15. The fourth-order valence-electron chi connectivity index (χ4n) is 4.42. The van der Waals surface area contributed by atoms with Crippen LogP contribution in [0.5, 0.6) is 5.75 Å². The third kappa shape index (κ3) is 4.18. The van der Waals surface area contributed by atoms with Crippen LogP contribution in [0, 0.1) is 12.7 Å². The second kappa shape index (κ2) is 9.33. The molecule has 35 heavy (non-hydrogen) atoms. The van der Waals surface area contributed by atoms with Crippen molar-refractivity contribution < 1.29 is 18.3 Å². The number of carbonyl (C=O) groups is 1. The predicted molar refractivity (Wildman–Crippen MR) is 132 cm³/mol. The SMILES string of the molecule is CCCCCOc1cccc(C2c3c(oc4ccc(F)cc4c3=O)C(=O)N2c2ccc(C)cn2)c1. The van der Waals surface area contributed by atoms with E-state index in [0.29, 0.717) is 23.7 Å². The lowest BCUT2D eigenvalue weighted by atomic mass is 9.98. The molecule has 1 aliphatic heterocycles. The molecule has 1 unspecified atom stereocenters. The van der Waals surface area contributed by atoms with Gasteiger partial charge in [0.05, 0.1) is 23.6 Å². The number of anilines is 1. The molecule has 3 heterocycles. The Morgan fingerprint density at radius 2 is 1.94 bits per heavy atom. The van der Waals surface area contributed by atoms with Crippen LogP contribution in [0.1, 0.15) is 59.5 Å². The summed E-state index contributed by atoms with van der Waals surface area (Å²) in [6.45, 7) is 4.61. The van der Waals surface area contributed by atoms with Crippen molar-refractivity contribution in [3.8, 4) is 5.75 Å². The minimum Gasteiger partial charge on any atom is -0.494 e. The number of fused-ring (bicyclic) bond motifs is 2. The Kier molecular flexibility index (Phi) is 6.07. The van der Waals surface area contributed by atoms with Crippen LogP contribution in [-0.2, 0) is 0 Å². The molecule has 0 fully saturated rings. The number of hydrogen-bond acceptors (Lipinski definition) is 5. The molecule has 0 saturated carbocycles. The number of carbonyl (C=O) groups excluding carboxylic acids is 1. The number of aromatic nitrogens is 1. The van der Waals surface area contributed by atoms with Gasteiger partial charge in [0.25, 0.3) is 5.91 Å². The largest absolute Gasteiger partial charge is 0.494 e. The lowest BCUT2D eigenvalue weighted by Gasteiger charge is -2.24. The molecule has 2 aromatic carbocycles. The summed E-state index contributed by atoms with van der Waals surface area (Å²) in [6.07, 6.45) is 4.76. The van der Waals surface area contributed by atoms with Crippen molar-refractivity contribution in [2.24, 2.45) is 0 Å². The zero-order valence-corrected chi connectivity index (χ0v) is 19.6. The minimum absolute atomic E-state index is 0.0595. The molecule has 2 aromatic heterocycles. The van der Waals surface area contributed by atoms with Gasteiger partial charge in [0.2, 0.25) is 5.76 Å². The molecule has 1 aliphatic rings. The summed E-state index contributed by atoms with van der Waals surface area (Å²) < 4.78 is 25.8. The maximum Gasteiger partial charge on any atom is 0.296 e. The monoisotopic (exact) mass is 472 g/mol. The zero-order valence-electron chi connectivity index (χ0n) is 19.6. The first-order valence-electron chi connectivity index (χ1n) is 11.7. The topological polar surface area (TPSA) is 72.6 Å². The molecule has 0 bridgehead atoms. The van der Waals surface area contributed by atoms with Crippen LogP contribution in [0.25, 0.3) is 11.0 Å². The van der Waals surface area contributed by atoms with Gasteiger partial charge in [-0.3, -0.25) is 14.5 Å². The molecule has 7 heteroatoms. The normalized spacial score (nSPS) is 15.0. The van der Waals surface area contributed by atoms with E-state index in [0.717, 1.165) is 30.9 Å². The number of ether oxygens (including phenoxy) is 1. The van der Waals surface area contributed by atoms with Crippen LogP contribution >= 0.6 is 0 Å². The molecular formula is C28H25FN2O4. The van der Waals surface area contributed by atoms with Crippen LogP contribution in [-0.4, -0.2) is 17.5 Å². The maximum atomic E-state index is 14.0. The van der Waals surface area contributed by atoms with E-state index in [4.69, 9.17) is 9.15 Å². The number of aryl methyl sites for hydroxylation is 1. The fraction of sp³-hybridized carbons (Fsp3) is 0.250. The second-order valence-corrected chi connectivity index (χ2v) is 8.71. The van der Waals surface area contributed by atoms with E-state index < -0.39 is 23.2 Å². The van der Waals surface area contributed by atoms with E-state index in [1.165, 1.54) is 17.0 Å². The number of benzene rings is 2. The van der Waals surface area contributed by atoms with Crippen molar-refractivity contribution in [2.45, 2.75) is 39.2 Å². The maximum absolute atomic E-state index is 14.0. The van der Waals surface area contributed by atoms with Gasteiger partial charge < -0.3 is 9.15 Å². The molecule has 1 atom stereocenters. The van der Waals surface area contributed by atoms with Gasteiger partial charge in [0, 0.05) is 6.20 Å². The highest BCUT2D eigenvalue weighted by molar-refractivity contribution is 6.10. The number of rotatable bonds is 7. The second-order valence-electron chi connectivity index (χ2n) is 8.71. The van der Waals surface area contributed by atoms with Crippen LogP contribution < -0.4 is 15.1 Å². The number of nitrogens with zero attached hydrogens (tertiary/aromatic N) is 2. The highest BCUT2D eigenvalue weighted by Crippen LogP contribution is 2.41. The van der Waals surface area contributed by atoms with Crippen LogP contribution in [0.15, 0.2) is 70.0 Å². The number of pyridine rings is 1. The van der Waals surface area contributed by atoms with Crippen molar-refractivity contribution in [2.75, 3.05) is 11.5 Å². The number of unbranched alkanes of at least 4 members (excludes halogenated alkanes) is 2. The highest BCUT2D eigenvalue weighted by atomic mass is 19.1. The van der Waals surface area contributed by atoms with Crippen LogP contribution in [0.2, 0.25) is 0 Å². The van der Waals surface area contributed by atoms with Gasteiger partial charge in [-0.15, -0.1) is 0 Å². The lowest BCUT2D eigenvalue weighted by molar-refractivity contribution is 0.0970. The van der Waals surface area contributed by atoms with E-state index in [-0.39, 0.29) is 22.3 Å². The molecule has 178 valence electrons. The van der Waals surface area contributed by atoms with Gasteiger partial charge in [-0.1, -0.05) is 38.0 Å². The smallest absolute Gasteiger partial charge is 0.296 e. The molecule has 1 amide bonds. The fourth-order valence-corrected chi connectivity index (χ4v) is 4.42. The molecule has 0 saturated heterocycles. The number of amides is 1. The van der Waals surface area contributed by atoms with Crippen molar-refractivity contribution in [3.63, 3.8) is 0 Å². The third-order valence-corrected chi connectivity index (χ3v) is 6.17. The van der Waals surface area contributed by atoms with Crippen LogP contribution in [0.3, 0.4) is 0 Å². The standard InChI is InChI=1S/C28H25FN2O4/c1-3-4-5-13-34-20-8-6-7-18(14-20)25-24-26(32)21-15-19(29)10-11-22(21)35-27(24)28(33)31(25)23-12-9-17(2)16-30-23/h6-12,14-16,25H,3-5,13H2,1-2H3. The summed E-state index contributed by atoms with van der Waals surface area (Å²) in [6, 6.07) is 13.8. The molecule has 0 radical (unpaired) electrons. The van der Waals surface area contributed by atoms with Gasteiger partial charge in [0.1, 0.15) is 23.0 Å². The van der Waals surface area contributed by atoms with E-state index in [1.54, 1.807) is 12.3 Å². The predicted octanol–water partition coefficient (Wildman–Crippen LogP) is 5.95. The first-order chi connectivity index (χ1) is 17.0. The quantitative estimate of drug-likeness (QED) is 0.311. The van der Waals surface area contributed by atoms with Gasteiger partial charge in [-0.25, -0.2) is 9.37 Å². The summed E-state index contributed by atoms with van der Waals surface area (Å²) in [5.41, 5.74) is 1.50. The van der Waals surface area contributed by atoms with E-state index in [1.807, 2.05) is 37.3 Å². The van der Waals surface area contributed by atoms with Gasteiger partial charge in [0.15, 0.2) is 5.43 Å². The molecule has 4 aromatic rings. The number of hydrogen-bond donors (Lipinski definition) is 0. The van der Waals surface area contributed by atoms with E-state index in [9.17, 15) is 14.0 Å². The Hall–Kier alpha value is -4.00. The summed E-state index contributed by atoms with van der Waals surface area (Å²) in [5.74, 6) is -0.0479. The molecule has 6 nitrogen and oxygen atoms in total. The van der Waals surface area contributed by atoms with E-state index >= 15 is 0 Å². The first kappa shape index (κ1) is 22.8. The summed E-state index contributed by atoms with van der Waals surface area (Å²) in [7, 11) is 0. The Morgan fingerprint density at radius 3 is 2.71 bits per heavy atom. The molecular weight excluding hydrogens is 447 g/mol. The van der Waals surface area contributed by atoms with Crippen molar-refractivity contribution in [3.05, 3.63) is 99.3 Å². The third-order valence-electron chi connectivity index (χ3n) is 6.17. The average molecular weight is 473 g/mol. The van der Waals surface area contributed by atoms with Crippen molar-refractivity contribution >= 4 is 22.7 Å². The minimum atomic E-state index is -0.796. The van der Waals surface area contributed by atoms with E-state index in [2.05, 4.69) is 11.9 Å². The molecule has 0 aliphatic carbocycles. The number of halogens is 1.